The smallest absolute Gasteiger partial charge is 0.118 e. The zero-order valence-electron chi connectivity index (χ0n) is 8.71. The van der Waals surface area contributed by atoms with Crippen LogP contribution in [0.4, 0.5) is 0 Å². The topological polar surface area (TPSA) is 29.5 Å². The first-order valence-corrected chi connectivity index (χ1v) is 4.97. The number of ether oxygens (including phenoxy) is 1. The molecule has 1 N–H and O–H groups in total. The van der Waals surface area contributed by atoms with Crippen molar-refractivity contribution in [3.05, 3.63) is 29.3 Å². The zero-order chi connectivity index (χ0) is 10.2. The second-order valence-corrected chi connectivity index (χ2v) is 4.21. The first-order chi connectivity index (χ1) is 6.68. The first-order valence-electron chi connectivity index (χ1n) is 4.97. The van der Waals surface area contributed by atoms with Crippen LogP contribution in [0.3, 0.4) is 0 Å². The molecule has 0 radical (unpaired) electrons. The van der Waals surface area contributed by atoms with E-state index in [9.17, 15) is 5.11 Å². The van der Waals surface area contributed by atoms with Crippen LogP contribution in [0, 0.1) is 6.92 Å². The predicted molar refractivity (Wildman–Crippen MR) is 55.6 cm³/mol. The molecular weight excluding hydrogens is 176 g/mol. The summed E-state index contributed by atoms with van der Waals surface area (Å²) in [7, 11) is 1.74. The lowest BCUT2D eigenvalue weighted by atomic mass is 9.95. The fourth-order valence-electron chi connectivity index (χ4n) is 1.93. The summed E-state index contributed by atoms with van der Waals surface area (Å²) in [4.78, 5) is 0. The summed E-state index contributed by atoms with van der Waals surface area (Å²) in [5.41, 5.74) is 2.49. The number of phenols is 1. The largest absolute Gasteiger partial charge is 0.508 e. The molecular formula is C12H16O2. The van der Waals surface area contributed by atoms with Gasteiger partial charge in [0.2, 0.25) is 0 Å². The summed E-state index contributed by atoms with van der Waals surface area (Å²) in [5.74, 6) is 0.377. The first kappa shape index (κ1) is 9.53. The van der Waals surface area contributed by atoms with E-state index in [1.54, 1.807) is 13.2 Å². The van der Waals surface area contributed by atoms with Gasteiger partial charge in [0.25, 0.3) is 0 Å². The highest BCUT2D eigenvalue weighted by Crippen LogP contribution is 2.48. The molecule has 0 unspecified atom stereocenters. The number of aromatic hydroxyl groups is 1. The highest BCUT2D eigenvalue weighted by atomic mass is 16.5. The molecule has 1 aromatic rings. The summed E-state index contributed by atoms with van der Waals surface area (Å²) in [6.45, 7) is 2.72. The molecule has 2 heteroatoms. The van der Waals surface area contributed by atoms with Crippen LogP contribution in [0.2, 0.25) is 0 Å². The van der Waals surface area contributed by atoms with Crippen molar-refractivity contribution < 1.29 is 9.84 Å². The predicted octanol–water partition coefficient (Wildman–Crippen LogP) is 2.38. The van der Waals surface area contributed by atoms with Gasteiger partial charge in [-0.2, -0.15) is 0 Å². The quantitative estimate of drug-likeness (QED) is 0.796. The van der Waals surface area contributed by atoms with Gasteiger partial charge in [-0.25, -0.2) is 0 Å². The zero-order valence-corrected chi connectivity index (χ0v) is 8.71. The van der Waals surface area contributed by atoms with E-state index in [0.717, 1.165) is 12.2 Å². The van der Waals surface area contributed by atoms with Crippen molar-refractivity contribution in [2.75, 3.05) is 13.7 Å². The molecule has 2 nitrogen and oxygen atoms in total. The Bertz CT molecular complexity index is 340. The van der Waals surface area contributed by atoms with Crippen molar-refractivity contribution in [2.24, 2.45) is 0 Å². The van der Waals surface area contributed by atoms with Gasteiger partial charge in [0.1, 0.15) is 5.75 Å². The maximum absolute atomic E-state index is 9.43. The van der Waals surface area contributed by atoms with E-state index in [-0.39, 0.29) is 5.41 Å². The van der Waals surface area contributed by atoms with Gasteiger partial charge in [0, 0.05) is 12.5 Å². The van der Waals surface area contributed by atoms with Crippen LogP contribution in [0.15, 0.2) is 18.2 Å². The molecule has 1 fully saturated rings. The molecule has 0 bridgehead atoms. The Kier molecular flexibility index (Phi) is 2.23. The van der Waals surface area contributed by atoms with E-state index < -0.39 is 0 Å². The van der Waals surface area contributed by atoms with Crippen LogP contribution in [-0.2, 0) is 10.2 Å². The number of methoxy groups -OCH3 is 1. The molecule has 1 aromatic carbocycles. The van der Waals surface area contributed by atoms with Crippen molar-refractivity contribution >= 4 is 0 Å². The summed E-state index contributed by atoms with van der Waals surface area (Å²) in [5, 5.41) is 9.43. The average molecular weight is 192 g/mol. The monoisotopic (exact) mass is 192 g/mol. The van der Waals surface area contributed by atoms with Crippen molar-refractivity contribution in [1.82, 2.24) is 0 Å². The van der Waals surface area contributed by atoms with E-state index >= 15 is 0 Å². The maximum atomic E-state index is 9.43. The van der Waals surface area contributed by atoms with Crippen molar-refractivity contribution in [3.8, 4) is 5.75 Å². The molecule has 0 aromatic heterocycles. The van der Waals surface area contributed by atoms with Gasteiger partial charge >= 0.3 is 0 Å². The minimum atomic E-state index is 0.243. The molecule has 1 saturated carbocycles. The van der Waals surface area contributed by atoms with Gasteiger partial charge in [-0.15, -0.1) is 0 Å². The number of aryl methyl sites for hydroxylation is 1. The summed E-state index contributed by atoms with van der Waals surface area (Å²) < 4.78 is 5.23. The molecule has 2 rings (SSSR count). The van der Waals surface area contributed by atoms with Gasteiger partial charge in [-0.05, 0) is 37.0 Å². The third-order valence-corrected chi connectivity index (χ3v) is 3.08. The Morgan fingerprint density at radius 2 is 2.14 bits per heavy atom. The Labute approximate surface area is 84.5 Å². The number of hydrogen-bond donors (Lipinski definition) is 1. The van der Waals surface area contributed by atoms with Crippen LogP contribution in [0.5, 0.6) is 5.75 Å². The van der Waals surface area contributed by atoms with Crippen molar-refractivity contribution in [1.29, 1.82) is 0 Å². The van der Waals surface area contributed by atoms with Crippen LogP contribution in [-0.4, -0.2) is 18.8 Å². The third kappa shape index (κ3) is 1.50. The minimum Gasteiger partial charge on any atom is -0.508 e. The molecule has 76 valence electrons. The Morgan fingerprint density at radius 3 is 2.64 bits per heavy atom. The second kappa shape index (κ2) is 3.28. The van der Waals surface area contributed by atoms with Crippen LogP contribution >= 0.6 is 0 Å². The van der Waals surface area contributed by atoms with E-state index in [1.807, 2.05) is 13.0 Å². The SMILES string of the molecule is COCC1(c2ccc(O)c(C)c2)CC1. The average Bonchev–Trinajstić information content (AvgIpc) is 2.91. The molecule has 0 spiro atoms. The molecule has 0 atom stereocenters. The Hall–Kier alpha value is -1.02. The fourth-order valence-corrected chi connectivity index (χ4v) is 1.93. The van der Waals surface area contributed by atoms with Crippen molar-refractivity contribution in [2.45, 2.75) is 25.2 Å². The summed E-state index contributed by atoms with van der Waals surface area (Å²) >= 11 is 0. The standard InChI is InChI=1S/C12H16O2/c1-9-7-10(3-4-11(9)13)12(5-6-12)8-14-2/h3-4,7,13H,5-6,8H2,1-2H3. The van der Waals surface area contributed by atoms with Crippen molar-refractivity contribution in [3.63, 3.8) is 0 Å². The molecule has 0 saturated heterocycles. The van der Waals surface area contributed by atoms with Gasteiger partial charge in [-0.3, -0.25) is 0 Å². The second-order valence-electron chi connectivity index (χ2n) is 4.21. The fraction of sp³-hybridized carbons (Fsp3) is 0.500. The van der Waals surface area contributed by atoms with E-state index in [1.165, 1.54) is 18.4 Å². The Balaban J connectivity index is 2.28. The van der Waals surface area contributed by atoms with E-state index in [4.69, 9.17) is 4.74 Å². The summed E-state index contributed by atoms with van der Waals surface area (Å²) in [6, 6.07) is 5.86. The number of phenolic OH excluding ortho intramolecular Hbond substituents is 1. The van der Waals surface area contributed by atoms with Gasteiger partial charge < -0.3 is 9.84 Å². The van der Waals surface area contributed by atoms with Gasteiger partial charge in [0.15, 0.2) is 0 Å². The highest BCUT2D eigenvalue weighted by molar-refractivity contribution is 5.41. The molecule has 1 aliphatic rings. The molecule has 14 heavy (non-hydrogen) atoms. The molecule has 0 amide bonds. The highest BCUT2D eigenvalue weighted by Gasteiger charge is 2.44. The van der Waals surface area contributed by atoms with Crippen LogP contribution < -0.4 is 0 Å². The lowest BCUT2D eigenvalue weighted by molar-refractivity contribution is 0.171. The van der Waals surface area contributed by atoms with E-state index in [0.29, 0.717) is 5.75 Å². The normalized spacial score (nSPS) is 18.1. The van der Waals surface area contributed by atoms with Crippen LogP contribution in [0.1, 0.15) is 24.0 Å². The minimum absolute atomic E-state index is 0.243. The molecule has 0 heterocycles. The lowest BCUT2D eigenvalue weighted by Crippen LogP contribution is -2.13. The number of benzene rings is 1. The third-order valence-electron chi connectivity index (χ3n) is 3.08. The van der Waals surface area contributed by atoms with E-state index in [2.05, 4.69) is 6.07 Å². The summed E-state index contributed by atoms with van der Waals surface area (Å²) in [6.07, 6.45) is 2.40. The lowest BCUT2D eigenvalue weighted by Gasteiger charge is -2.15. The number of hydrogen-bond acceptors (Lipinski definition) is 2. The molecule has 0 aliphatic heterocycles. The van der Waals surface area contributed by atoms with Crippen LogP contribution in [0.25, 0.3) is 0 Å². The number of rotatable bonds is 3. The molecule has 1 aliphatic carbocycles. The maximum Gasteiger partial charge on any atom is 0.118 e. The van der Waals surface area contributed by atoms with Gasteiger partial charge in [-0.1, -0.05) is 12.1 Å². The van der Waals surface area contributed by atoms with Gasteiger partial charge in [0.05, 0.1) is 6.61 Å². The Morgan fingerprint density at radius 1 is 1.43 bits per heavy atom.